The zero-order chi connectivity index (χ0) is 14.8. The molecule has 1 fully saturated rings. The Balaban J connectivity index is 2.26. The highest BCUT2D eigenvalue weighted by Crippen LogP contribution is 2.23. The summed E-state index contributed by atoms with van der Waals surface area (Å²) >= 11 is 3.13. The lowest BCUT2D eigenvalue weighted by atomic mass is 10.2. The molecule has 1 aromatic rings. The van der Waals surface area contributed by atoms with E-state index in [1.165, 1.54) is 22.5 Å². The molecule has 0 amide bonds. The van der Waals surface area contributed by atoms with Gasteiger partial charge in [-0.3, -0.25) is 0 Å². The van der Waals surface area contributed by atoms with Crippen LogP contribution < -0.4 is 5.32 Å². The molecule has 1 aliphatic rings. The van der Waals surface area contributed by atoms with Crippen LogP contribution in [0.3, 0.4) is 0 Å². The standard InChI is InChI=1S/C13H18BrFN2O2S/c1-2-17(9-11-4-3-7-16-11)20(18,19)13-6-5-10(14)8-12(13)15/h5-6,8,11,16H,2-4,7,9H2,1H3. The molecule has 1 aliphatic heterocycles. The van der Waals surface area contributed by atoms with Crippen molar-refractivity contribution in [1.82, 2.24) is 9.62 Å². The van der Waals surface area contributed by atoms with Crippen molar-refractivity contribution in [3.05, 3.63) is 28.5 Å². The van der Waals surface area contributed by atoms with Crippen molar-refractivity contribution < 1.29 is 12.8 Å². The second-order valence-corrected chi connectivity index (χ2v) is 7.65. The summed E-state index contributed by atoms with van der Waals surface area (Å²) in [6.45, 7) is 3.39. The van der Waals surface area contributed by atoms with Crippen molar-refractivity contribution in [2.75, 3.05) is 19.6 Å². The molecule has 112 valence electrons. The van der Waals surface area contributed by atoms with Gasteiger partial charge < -0.3 is 5.32 Å². The fourth-order valence-electron chi connectivity index (χ4n) is 2.38. The molecule has 4 nitrogen and oxygen atoms in total. The monoisotopic (exact) mass is 364 g/mol. The molecule has 1 atom stereocenters. The van der Waals surface area contributed by atoms with Crippen molar-refractivity contribution in [3.8, 4) is 0 Å². The summed E-state index contributed by atoms with van der Waals surface area (Å²) in [4.78, 5) is -0.263. The lowest BCUT2D eigenvalue weighted by Crippen LogP contribution is -2.41. The van der Waals surface area contributed by atoms with Crippen LogP contribution in [0.4, 0.5) is 4.39 Å². The van der Waals surface area contributed by atoms with Crippen molar-refractivity contribution in [2.24, 2.45) is 0 Å². The largest absolute Gasteiger partial charge is 0.313 e. The van der Waals surface area contributed by atoms with Crippen LogP contribution in [-0.4, -0.2) is 38.4 Å². The highest BCUT2D eigenvalue weighted by atomic mass is 79.9. The third-order valence-corrected chi connectivity index (χ3v) is 5.92. The SMILES string of the molecule is CCN(CC1CCCN1)S(=O)(=O)c1ccc(Br)cc1F. The van der Waals surface area contributed by atoms with E-state index in [2.05, 4.69) is 21.2 Å². The molecular weight excluding hydrogens is 347 g/mol. The minimum Gasteiger partial charge on any atom is -0.313 e. The number of rotatable bonds is 5. The summed E-state index contributed by atoms with van der Waals surface area (Å²) < 4.78 is 40.8. The van der Waals surface area contributed by atoms with Crippen LogP contribution >= 0.6 is 15.9 Å². The maximum absolute atomic E-state index is 13.9. The first-order valence-electron chi connectivity index (χ1n) is 6.63. The molecular formula is C13H18BrFN2O2S. The number of likely N-dealkylation sites (N-methyl/N-ethyl adjacent to an activating group) is 1. The number of nitrogens with zero attached hydrogens (tertiary/aromatic N) is 1. The van der Waals surface area contributed by atoms with Crippen molar-refractivity contribution in [3.63, 3.8) is 0 Å². The van der Waals surface area contributed by atoms with Crippen molar-refractivity contribution in [2.45, 2.75) is 30.7 Å². The van der Waals surface area contributed by atoms with E-state index in [1.807, 2.05) is 0 Å². The zero-order valence-electron chi connectivity index (χ0n) is 11.3. The van der Waals surface area contributed by atoms with E-state index in [0.29, 0.717) is 17.6 Å². The lowest BCUT2D eigenvalue weighted by Gasteiger charge is -2.24. The fraction of sp³-hybridized carbons (Fsp3) is 0.538. The van der Waals surface area contributed by atoms with Crippen LogP contribution in [0.2, 0.25) is 0 Å². The normalized spacial score (nSPS) is 19.7. The second kappa shape index (κ2) is 6.51. The third-order valence-electron chi connectivity index (χ3n) is 3.45. The van der Waals surface area contributed by atoms with Crippen LogP contribution in [0.25, 0.3) is 0 Å². The molecule has 7 heteroatoms. The Hall–Kier alpha value is -0.500. The predicted molar refractivity (Wildman–Crippen MR) is 79.6 cm³/mol. The molecule has 0 aromatic heterocycles. The Labute approximate surface area is 127 Å². The average Bonchev–Trinajstić information content (AvgIpc) is 2.88. The highest BCUT2D eigenvalue weighted by molar-refractivity contribution is 9.10. The average molecular weight is 365 g/mol. The van der Waals surface area contributed by atoms with E-state index in [1.54, 1.807) is 6.92 Å². The highest BCUT2D eigenvalue weighted by Gasteiger charge is 2.29. The second-order valence-electron chi connectivity index (χ2n) is 4.82. The first-order valence-corrected chi connectivity index (χ1v) is 8.87. The summed E-state index contributed by atoms with van der Waals surface area (Å²) in [6, 6.07) is 4.18. The third kappa shape index (κ3) is 3.39. The van der Waals surface area contributed by atoms with Gasteiger partial charge in [0.1, 0.15) is 10.7 Å². The smallest absolute Gasteiger partial charge is 0.246 e. The Morgan fingerprint density at radius 2 is 2.25 bits per heavy atom. The van der Waals surface area contributed by atoms with Gasteiger partial charge in [-0.15, -0.1) is 0 Å². The minimum absolute atomic E-state index is 0.156. The van der Waals surface area contributed by atoms with Crippen LogP contribution in [0.1, 0.15) is 19.8 Å². The topological polar surface area (TPSA) is 49.4 Å². The fourth-order valence-corrected chi connectivity index (χ4v) is 4.25. The Bertz CT molecular complexity index is 574. The predicted octanol–water partition coefficient (Wildman–Crippen LogP) is 2.35. The van der Waals surface area contributed by atoms with Crippen molar-refractivity contribution in [1.29, 1.82) is 0 Å². The molecule has 0 saturated carbocycles. The Morgan fingerprint density at radius 1 is 1.50 bits per heavy atom. The van der Waals surface area contributed by atoms with E-state index in [4.69, 9.17) is 0 Å². The lowest BCUT2D eigenvalue weighted by molar-refractivity contribution is 0.380. The maximum Gasteiger partial charge on any atom is 0.246 e. The van der Waals surface area contributed by atoms with Gasteiger partial charge in [0.2, 0.25) is 10.0 Å². The van der Waals surface area contributed by atoms with Gasteiger partial charge in [-0.1, -0.05) is 22.9 Å². The van der Waals surface area contributed by atoms with Gasteiger partial charge in [0.25, 0.3) is 0 Å². The molecule has 0 aliphatic carbocycles. The molecule has 0 radical (unpaired) electrons. The molecule has 1 aromatic carbocycles. The molecule has 0 bridgehead atoms. The van der Waals surface area contributed by atoms with Crippen LogP contribution in [0, 0.1) is 5.82 Å². The molecule has 1 saturated heterocycles. The molecule has 0 spiro atoms. The summed E-state index contributed by atoms with van der Waals surface area (Å²) in [7, 11) is -3.79. The van der Waals surface area contributed by atoms with Gasteiger partial charge >= 0.3 is 0 Å². The minimum atomic E-state index is -3.79. The van der Waals surface area contributed by atoms with E-state index in [9.17, 15) is 12.8 Å². The van der Waals surface area contributed by atoms with Crippen LogP contribution in [0.15, 0.2) is 27.6 Å². The van der Waals surface area contributed by atoms with Crippen LogP contribution in [-0.2, 0) is 10.0 Å². The number of nitrogens with one attached hydrogen (secondary N) is 1. The summed E-state index contributed by atoms with van der Waals surface area (Å²) in [6.07, 6.45) is 2.00. The van der Waals surface area contributed by atoms with Gasteiger partial charge in [-0.2, -0.15) is 4.31 Å². The molecule has 1 N–H and O–H groups in total. The molecule has 20 heavy (non-hydrogen) atoms. The van der Waals surface area contributed by atoms with E-state index in [-0.39, 0.29) is 10.9 Å². The van der Waals surface area contributed by atoms with Gasteiger partial charge in [0.05, 0.1) is 0 Å². The maximum atomic E-state index is 13.9. The summed E-state index contributed by atoms with van der Waals surface area (Å²) in [5, 5.41) is 3.26. The van der Waals surface area contributed by atoms with E-state index in [0.717, 1.165) is 19.4 Å². The van der Waals surface area contributed by atoms with Gasteiger partial charge in [-0.25, -0.2) is 12.8 Å². The first-order chi connectivity index (χ1) is 9.45. The molecule has 1 heterocycles. The van der Waals surface area contributed by atoms with Crippen molar-refractivity contribution >= 4 is 26.0 Å². The first kappa shape index (κ1) is 15.9. The molecule has 1 unspecified atom stereocenters. The number of benzene rings is 1. The number of sulfonamides is 1. The van der Waals surface area contributed by atoms with Crippen LogP contribution in [0.5, 0.6) is 0 Å². The van der Waals surface area contributed by atoms with E-state index >= 15 is 0 Å². The Morgan fingerprint density at radius 3 is 2.80 bits per heavy atom. The number of hydrogen-bond donors (Lipinski definition) is 1. The summed E-state index contributed by atoms with van der Waals surface area (Å²) in [5.74, 6) is -0.725. The number of hydrogen-bond acceptors (Lipinski definition) is 3. The van der Waals surface area contributed by atoms with Gasteiger partial charge in [-0.05, 0) is 37.6 Å². The summed E-state index contributed by atoms with van der Waals surface area (Å²) in [5.41, 5.74) is 0. The quantitative estimate of drug-likeness (QED) is 0.872. The van der Waals surface area contributed by atoms with Gasteiger partial charge in [0, 0.05) is 23.6 Å². The molecule has 2 rings (SSSR count). The van der Waals surface area contributed by atoms with E-state index < -0.39 is 15.8 Å². The zero-order valence-corrected chi connectivity index (χ0v) is 13.7. The Kier molecular flexibility index (Phi) is 5.17. The van der Waals surface area contributed by atoms with Gasteiger partial charge in [0.15, 0.2) is 0 Å². The number of halogens is 2.